The van der Waals surface area contributed by atoms with E-state index in [2.05, 4.69) is 4.90 Å². The minimum absolute atomic E-state index is 0.0653. The highest BCUT2D eigenvalue weighted by Gasteiger charge is 2.24. The van der Waals surface area contributed by atoms with Crippen molar-refractivity contribution in [2.24, 2.45) is 0 Å². The number of aliphatic hydroxyl groups excluding tert-OH is 1. The summed E-state index contributed by atoms with van der Waals surface area (Å²) in [6, 6.07) is 3.40. The maximum Gasteiger partial charge on any atom is 0.289 e. The van der Waals surface area contributed by atoms with E-state index in [-0.39, 0.29) is 5.91 Å². The molecule has 0 aliphatic carbocycles. The highest BCUT2D eigenvalue weighted by atomic mass is 16.5. The van der Waals surface area contributed by atoms with Crippen molar-refractivity contribution in [1.29, 1.82) is 0 Å². The molecular formula is C14H22N2O4. The van der Waals surface area contributed by atoms with Crippen molar-refractivity contribution < 1.29 is 19.1 Å². The predicted molar refractivity (Wildman–Crippen MR) is 73.6 cm³/mol. The number of carbonyl (C=O) groups is 1. The molecule has 1 saturated heterocycles. The number of amides is 1. The first-order chi connectivity index (χ1) is 9.70. The van der Waals surface area contributed by atoms with E-state index in [1.165, 1.54) is 6.26 Å². The summed E-state index contributed by atoms with van der Waals surface area (Å²) in [5, 5.41) is 9.80. The fourth-order valence-electron chi connectivity index (χ4n) is 2.29. The van der Waals surface area contributed by atoms with Crippen molar-refractivity contribution in [3.8, 4) is 0 Å². The van der Waals surface area contributed by atoms with Crippen molar-refractivity contribution in [1.82, 2.24) is 9.80 Å². The van der Waals surface area contributed by atoms with Gasteiger partial charge in [0.25, 0.3) is 5.91 Å². The molecule has 1 N–H and O–H groups in total. The van der Waals surface area contributed by atoms with E-state index >= 15 is 0 Å². The van der Waals surface area contributed by atoms with Gasteiger partial charge in [0.1, 0.15) is 0 Å². The zero-order valence-electron chi connectivity index (χ0n) is 11.8. The maximum atomic E-state index is 12.1. The van der Waals surface area contributed by atoms with E-state index in [4.69, 9.17) is 9.15 Å². The topological polar surface area (TPSA) is 66.2 Å². The standard InChI is InChI=1S/C14H22N2O4/c1-2-19-11-12(17)10-15-5-7-16(8-6-15)14(18)13-4-3-9-20-13/h3-4,9,12,17H,2,5-8,10-11H2,1H3. The van der Waals surface area contributed by atoms with Crippen LogP contribution in [0.15, 0.2) is 22.8 Å². The molecule has 20 heavy (non-hydrogen) atoms. The summed E-state index contributed by atoms with van der Waals surface area (Å²) in [7, 11) is 0. The number of carbonyl (C=O) groups excluding carboxylic acids is 1. The highest BCUT2D eigenvalue weighted by molar-refractivity contribution is 5.91. The zero-order chi connectivity index (χ0) is 14.4. The molecule has 1 amide bonds. The van der Waals surface area contributed by atoms with Crippen LogP contribution in [0, 0.1) is 0 Å². The quantitative estimate of drug-likeness (QED) is 0.820. The zero-order valence-corrected chi connectivity index (χ0v) is 11.8. The molecule has 112 valence electrons. The van der Waals surface area contributed by atoms with E-state index in [0.29, 0.717) is 38.6 Å². The van der Waals surface area contributed by atoms with E-state index in [9.17, 15) is 9.90 Å². The van der Waals surface area contributed by atoms with E-state index < -0.39 is 6.10 Å². The minimum Gasteiger partial charge on any atom is -0.459 e. The third kappa shape index (κ3) is 4.06. The third-order valence-electron chi connectivity index (χ3n) is 3.37. The van der Waals surface area contributed by atoms with Crippen LogP contribution in [0.4, 0.5) is 0 Å². The Morgan fingerprint density at radius 2 is 2.20 bits per heavy atom. The van der Waals surface area contributed by atoms with Crippen LogP contribution >= 0.6 is 0 Å². The SMILES string of the molecule is CCOCC(O)CN1CCN(C(=O)c2ccco2)CC1. The first-order valence-electron chi connectivity index (χ1n) is 7.01. The Hall–Kier alpha value is -1.37. The fourth-order valence-corrected chi connectivity index (χ4v) is 2.29. The molecule has 0 saturated carbocycles. The van der Waals surface area contributed by atoms with E-state index in [1.54, 1.807) is 17.0 Å². The second-order valence-electron chi connectivity index (χ2n) is 4.88. The molecule has 0 spiro atoms. The van der Waals surface area contributed by atoms with Crippen molar-refractivity contribution >= 4 is 5.91 Å². The van der Waals surface area contributed by atoms with Crippen molar-refractivity contribution in [2.45, 2.75) is 13.0 Å². The van der Waals surface area contributed by atoms with Gasteiger partial charge in [0, 0.05) is 39.3 Å². The van der Waals surface area contributed by atoms with E-state index in [0.717, 1.165) is 13.1 Å². The van der Waals surface area contributed by atoms with Gasteiger partial charge >= 0.3 is 0 Å². The monoisotopic (exact) mass is 282 g/mol. The number of aliphatic hydroxyl groups is 1. The van der Waals surface area contributed by atoms with Gasteiger partial charge in [-0.05, 0) is 19.1 Å². The van der Waals surface area contributed by atoms with Gasteiger partial charge in [0.05, 0.1) is 19.0 Å². The summed E-state index contributed by atoms with van der Waals surface area (Å²) >= 11 is 0. The Morgan fingerprint density at radius 1 is 1.45 bits per heavy atom. The predicted octanol–water partition coefficient (Wildman–Crippen LogP) is 0.435. The molecule has 0 bridgehead atoms. The molecule has 0 aromatic carbocycles. The fraction of sp³-hybridized carbons (Fsp3) is 0.643. The van der Waals surface area contributed by atoms with Gasteiger partial charge in [-0.2, -0.15) is 0 Å². The van der Waals surface area contributed by atoms with Gasteiger partial charge in [-0.3, -0.25) is 9.69 Å². The molecule has 2 rings (SSSR count). The van der Waals surface area contributed by atoms with Crippen LogP contribution in [0.2, 0.25) is 0 Å². The molecule has 0 radical (unpaired) electrons. The number of hydrogen-bond donors (Lipinski definition) is 1. The number of hydrogen-bond acceptors (Lipinski definition) is 5. The van der Waals surface area contributed by atoms with Gasteiger partial charge < -0.3 is 19.2 Å². The summed E-state index contributed by atoms with van der Waals surface area (Å²) in [6.45, 7) is 6.30. The Labute approximate surface area is 118 Å². The lowest BCUT2D eigenvalue weighted by Gasteiger charge is -2.35. The minimum atomic E-state index is -0.470. The summed E-state index contributed by atoms with van der Waals surface area (Å²) in [4.78, 5) is 16.0. The Morgan fingerprint density at radius 3 is 2.80 bits per heavy atom. The van der Waals surface area contributed by atoms with Crippen LogP contribution in [0.1, 0.15) is 17.5 Å². The van der Waals surface area contributed by atoms with Crippen LogP contribution in [-0.4, -0.2) is 72.9 Å². The molecule has 1 unspecified atom stereocenters. The lowest BCUT2D eigenvalue weighted by Crippen LogP contribution is -2.50. The smallest absolute Gasteiger partial charge is 0.289 e. The Bertz CT molecular complexity index is 399. The molecule has 1 aromatic heterocycles. The molecule has 1 aromatic rings. The summed E-state index contributed by atoms with van der Waals surface area (Å²) in [5.74, 6) is 0.319. The maximum absolute atomic E-state index is 12.1. The number of piperazine rings is 1. The Balaban J connectivity index is 1.73. The lowest BCUT2D eigenvalue weighted by molar-refractivity contribution is 0.0107. The molecule has 2 heterocycles. The van der Waals surface area contributed by atoms with Crippen LogP contribution < -0.4 is 0 Å². The van der Waals surface area contributed by atoms with Gasteiger partial charge in [-0.15, -0.1) is 0 Å². The molecule has 1 fully saturated rings. The van der Waals surface area contributed by atoms with Crippen LogP contribution in [0.5, 0.6) is 0 Å². The number of nitrogens with zero attached hydrogens (tertiary/aromatic N) is 2. The Kier molecular flexibility index (Phi) is 5.58. The first kappa shape index (κ1) is 15.0. The first-order valence-corrected chi connectivity index (χ1v) is 7.01. The average Bonchev–Trinajstić information content (AvgIpc) is 2.99. The van der Waals surface area contributed by atoms with Crippen molar-refractivity contribution in [2.75, 3.05) is 45.9 Å². The third-order valence-corrected chi connectivity index (χ3v) is 3.37. The number of β-amino-alcohol motifs (C(OH)–C–C–N with tert-alkyl or cyclic N) is 1. The van der Waals surface area contributed by atoms with Gasteiger partial charge in [-0.1, -0.05) is 0 Å². The van der Waals surface area contributed by atoms with Gasteiger partial charge in [-0.25, -0.2) is 0 Å². The summed E-state index contributed by atoms with van der Waals surface area (Å²) < 4.78 is 10.3. The number of rotatable bonds is 6. The second-order valence-corrected chi connectivity index (χ2v) is 4.88. The largest absolute Gasteiger partial charge is 0.459 e. The number of furan rings is 1. The van der Waals surface area contributed by atoms with E-state index in [1.807, 2.05) is 6.92 Å². The molecule has 6 heteroatoms. The average molecular weight is 282 g/mol. The van der Waals surface area contributed by atoms with Crippen molar-refractivity contribution in [3.05, 3.63) is 24.2 Å². The van der Waals surface area contributed by atoms with Crippen LogP contribution in [0.25, 0.3) is 0 Å². The van der Waals surface area contributed by atoms with Crippen LogP contribution in [-0.2, 0) is 4.74 Å². The van der Waals surface area contributed by atoms with Crippen LogP contribution in [0.3, 0.4) is 0 Å². The molecule has 1 atom stereocenters. The molecule has 6 nitrogen and oxygen atoms in total. The second kappa shape index (κ2) is 7.42. The summed E-state index contributed by atoms with van der Waals surface area (Å²) in [6.07, 6.45) is 1.04. The molecular weight excluding hydrogens is 260 g/mol. The normalized spacial score (nSPS) is 18.2. The number of ether oxygens (including phenoxy) is 1. The highest BCUT2D eigenvalue weighted by Crippen LogP contribution is 2.09. The molecule has 1 aliphatic rings. The van der Waals surface area contributed by atoms with Crippen molar-refractivity contribution in [3.63, 3.8) is 0 Å². The summed E-state index contributed by atoms with van der Waals surface area (Å²) in [5.41, 5.74) is 0. The lowest BCUT2D eigenvalue weighted by atomic mass is 10.2. The molecule has 1 aliphatic heterocycles. The van der Waals surface area contributed by atoms with Gasteiger partial charge in [0.2, 0.25) is 0 Å². The van der Waals surface area contributed by atoms with Gasteiger partial charge in [0.15, 0.2) is 5.76 Å².